The van der Waals surface area contributed by atoms with Gasteiger partial charge in [-0.15, -0.1) is 0 Å². The predicted molar refractivity (Wildman–Crippen MR) is 189 cm³/mol. The molecule has 0 fully saturated rings. The summed E-state index contributed by atoms with van der Waals surface area (Å²) in [6.07, 6.45) is 11.1. The average molecular weight is 601 g/mol. The van der Waals surface area contributed by atoms with Crippen LogP contribution in [0.2, 0.25) is 0 Å². The van der Waals surface area contributed by atoms with Gasteiger partial charge in [-0.2, -0.15) is 0 Å². The summed E-state index contributed by atoms with van der Waals surface area (Å²) in [5.74, 6) is 0. The molecule has 8 aromatic rings. The third-order valence-corrected chi connectivity index (χ3v) is 8.25. The molecule has 0 spiro atoms. The van der Waals surface area contributed by atoms with Gasteiger partial charge in [-0.1, -0.05) is 7.43 Å². The molecule has 0 aliphatic heterocycles. The molecule has 232 valence electrons. The fourth-order valence-corrected chi connectivity index (χ4v) is 5.22. The van der Waals surface area contributed by atoms with Crippen LogP contribution in [0.3, 0.4) is 0 Å². The first-order chi connectivity index (χ1) is 21.2. The third kappa shape index (κ3) is 6.96. The van der Waals surface area contributed by atoms with E-state index in [1.54, 1.807) is 0 Å². The zero-order valence-electron chi connectivity index (χ0n) is 26.8. The average Bonchev–Trinajstić information content (AvgIpc) is 3.71. The predicted octanol–water partition coefficient (Wildman–Crippen LogP) is 8.16. The van der Waals surface area contributed by atoms with Crippen LogP contribution in [0, 0.1) is 27.7 Å². The van der Waals surface area contributed by atoms with Crippen LogP contribution in [0.5, 0.6) is 0 Å². The summed E-state index contributed by atoms with van der Waals surface area (Å²) < 4.78 is 8.54. The number of fused-ring (bicyclic) bond motifs is 4. The monoisotopic (exact) mass is 600 g/mol. The van der Waals surface area contributed by atoms with E-state index in [0.717, 1.165) is 11.2 Å². The first kappa shape index (κ1) is 32.7. The lowest BCUT2D eigenvalue weighted by Gasteiger charge is -1.96. The molecule has 0 saturated heterocycles. The first-order valence-corrected chi connectivity index (χ1v) is 14.6. The Morgan fingerprint density at radius 2 is 1.02 bits per heavy atom. The Morgan fingerprint density at radius 3 is 1.71 bits per heavy atom. The largest absolute Gasteiger partial charge is 0.348 e. The minimum Gasteiger partial charge on any atom is -0.348 e. The second-order valence-corrected chi connectivity index (χ2v) is 11.1. The van der Waals surface area contributed by atoms with E-state index in [1.165, 1.54) is 55.5 Å². The molecule has 0 saturated carbocycles. The summed E-state index contributed by atoms with van der Waals surface area (Å²) in [6.45, 7) is 8.36. The number of pyridine rings is 4. The van der Waals surface area contributed by atoms with Crippen LogP contribution in [0.1, 0.15) is 30.2 Å². The standard InChI is InChI=1S/4C9H10N2.CH4/c1-7-5-8-6-10-4-3-9(8)11(7)2;1-7-5-8-3-4-10-6-9(8)11(7)2;1-7-6-8-9(11(7)2)4-3-5-10-8;1-7-6-8-4-3-5-10-9(8)11(7)2;/h4*3-6H,1-2H3;1H4. The molecule has 0 aromatic carbocycles. The molecule has 0 N–H and O–H groups in total. The van der Waals surface area contributed by atoms with Gasteiger partial charge in [0.05, 0.1) is 28.3 Å². The lowest BCUT2D eigenvalue weighted by Crippen LogP contribution is -1.90. The Kier molecular flexibility index (Phi) is 10.2. The Morgan fingerprint density at radius 1 is 0.467 bits per heavy atom. The van der Waals surface area contributed by atoms with Gasteiger partial charge in [-0.3, -0.25) is 15.0 Å². The number of hydrogen-bond acceptors (Lipinski definition) is 4. The van der Waals surface area contributed by atoms with Crippen molar-refractivity contribution in [2.45, 2.75) is 35.1 Å². The molecular formula is C37H44N8. The highest BCUT2D eigenvalue weighted by molar-refractivity contribution is 5.81. The van der Waals surface area contributed by atoms with Crippen LogP contribution in [0.4, 0.5) is 0 Å². The van der Waals surface area contributed by atoms with Crippen LogP contribution in [0.15, 0.2) is 97.8 Å². The van der Waals surface area contributed by atoms with Crippen molar-refractivity contribution in [2.75, 3.05) is 0 Å². The smallest absolute Gasteiger partial charge is 0.139 e. The normalized spacial score (nSPS) is 10.5. The van der Waals surface area contributed by atoms with E-state index < -0.39 is 0 Å². The van der Waals surface area contributed by atoms with E-state index >= 15 is 0 Å². The van der Waals surface area contributed by atoms with E-state index in [4.69, 9.17) is 0 Å². The van der Waals surface area contributed by atoms with Crippen molar-refractivity contribution in [2.24, 2.45) is 28.2 Å². The summed E-state index contributed by atoms with van der Waals surface area (Å²) in [6, 6.07) is 20.7. The van der Waals surface area contributed by atoms with Gasteiger partial charge in [0.2, 0.25) is 0 Å². The lowest BCUT2D eigenvalue weighted by atomic mass is 10.3. The van der Waals surface area contributed by atoms with Gasteiger partial charge in [-0.05, 0) is 88.4 Å². The zero-order chi connectivity index (χ0) is 31.4. The molecule has 0 aliphatic rings. The summed E-state index contributed by atoms with van der Waals surface area (Å²) in [5, 5.41) is 3.69. The quantitative estimate of drug-likeness (QED) is 0.176. The van der Waals surface area contributed by atoms with E-state index in [0.29, 0.717) is 0 Å². The first-order valence-electron chi connectivity index (χ1n) is 14.6. The maximum absolute atomic E-state index is 4.26. The van der Waals surface area contributed by atoms with E-state index in [1.807, 2.05) is 68.5 Å². The van der Waals surface area contributed by atoms with Gasteiger partial charge >= 0.3 is 0 Å². The van der Waals surface area contributed by atoms with Crippen LogP contribution >= 0.6 is 0 Å². The summed E-state index contributed by atoms with van der Waals surface area (Å²) >= 11 is 0. The Balaban J connectivity index is 0.000000136. The molecule has 8 heteroatoms. The van der Waals surface area contributed by atoms with Gasteiger partial charge in [0.15, 0.2) is 0 Å². The molecule has 0 radical (unpaired) electrons. The van der Waals surface area contributed by atoms with Crippen molar-refractivity contribution >= 4 is 43.9 Å². The Labute approximate surface area is 265 Å². The molecule has 8 rings (SSSR count). The second kappa shape index (κ2) is 14.0. The number of aromatic nitrogens is 8. The van der Waals surface area contributed by atoms with E-state index in [2.05, 4.69) is 123 Å². The van der Waals surface area contributed by atoms with Gasteiger partial charge < -0.3 is 18.3 Å². The number of hydrogen-bond donors (Lipinski definition) is 0. The molecule has 8 aromatic heterocycles. The highest BCUT2D eigenvalue weighted by atomic mass is 15.0. The van der Waals surface area contributed by atoms with E-state index in [-0.39, 0.29) is 7.43 Å². The fraction of sp³-hybridized carbons (Fsp3) is 0.243. The maximum atomic E-state index is 4.26. The molecule has 8 nitrogen and oxygen atoms in total. The van der Waals surface area contributed by atoms with Gasteiger partial charge in [0.1, 0.15) is 5.65 Å². The molecular weight excluding hydrogens is 556 g/mol. The molecule has 0 unspecified atom stereocenters. The van der Waals surface area contributed by atoms with Crippen molar-refractivity contribution in [3.8, 4) is 0 Å². The minimum absolute atomic E-state index is 0. The van der Waals surface area contributed by atoms with Gasteiger partial charge in [0.25, 0.3) is 0 Å². The maximum Gasteiger partial charge on any atom is 0.139 e. The topological polar surface area (TPSA) is 71.3 Å². The SMILES string of the molecule is C.Cc1cc2cccnc2n1C.Cc1cc2ccncc2n1C.Cc1cc2cnccc2n1C.Cc1cc2ncccc2n1C. The highest BCUT2D eigenvalue weighted by Gasteiger charge is 2.02. The highest BCUT2D eigenvalue weighted by Crippen LogP contribution is 2.17. The van der Waals surface area contributed by atoms with Crippen LogP contribution in [0.25, 0.3) is 43.9 Å². The minimum atomic E-state index is 0. The zero-order valence-corrected chi connectivity index (χ0v) is 26.8. The lowest BCUT2D eigenvalue weighted by molar-refractivity contribution is 0.902. The molecule has 0 aliphatic carbocycles. The molecule has 45 heavy (non-hydrogen) atoms. The van der Waals surface area contributed by atoms with Crippen molar-refractivity contribution in [1.29, 1.82) is 0 Å². The summed E-state index contributed by atoms with van der Waals surface area (Å²) in [4.78, 5) is 16.6. The number of nitrogens with zero attached hydrogens (tertiary/aromatic N) is 8. The summed E-state index contributed by atoms with van der Waals surface area (Å²) in [5.41, 5.74) is 10.8. The van der Waals surface area contributed by atoms with Gasteiger partial charge in [0, 0.05) is 98.1 Å². The fourth-order valence-electron chi connectivity index (χ4n) is 5.22. The van der Waals surface area contributed by atoms with Crippen LogP contribution < -0.4 is 0 Å². The molecule has 0 atom stereocenters. The molecule has 8 heterocycles. The van der Waals surface area contributed by atoms with E-state index in [9.17, 15) is 0 Å². The molecule has 0 bridgehead atoms. The van der Waals surface area contributed by atoms with Crippen molar-refractivity contribution in [3.63, 3.8) is 0 Å². The van der Waals surface area contributed by atoms with Crippen LogP contribution in [-0.2, 0) is 28.2 Å². The second-order valence-electron chi connectivity index (χ2n) is 11.1. The van der Waals surface area contributed by atoms with Crippen LogP contribution in [-0.4, -0.2) is 38.2 Å². The van der Waals surface area contributed by atoms with Crippen molar-refractivity contribution < 1.29 is 0 Å². The van der Waals surface area contributed by atoms with Crippen molar-refractivity contribution in [1.82, 2.24) is 38.2 Å². The summed E-state index contributed by atoms with van der Waals surface area (Å²) in [7, 11) is 8.21. The number of aryl methyl sites for hydroxylation is 8. The number of rotatable bonds is 0. The Bertz CT molecular complexity index is 1860. The molecule has 0 amide bonds. The van der Waals surface area contributed by atoms with Crippen molar-refractivity contribution in [3.05, 3.63) is 121 Å². The Hall–Kier alpha value is -5.24. The van der Waals surface area contributed by atoms with Gasteiger partial charge in [-0.25, -0.2) is 4.98 Å². The third-order valence-electron chi connectivity index (χ3n) is 8.25.